The van der Waals surface area contributed by atoms with Gasteiger partial charge in [-0.15, -0.1) is 0 Å². The molecule has 0 aliphatic carbocycles. The van der Waals surface area contributed by atoms with Crippen LogP contribution in [0.3, 0.4) is 0 Å². The Hall–Kier alpha value is -3.47. The first-order valence-corrected chi connectivity index (χ1v) is 9.27. The van der Waals surface area contributed by atoms with Crippen molar-refractivity contribution in [1.29, 1.82) is 0 Å². The van der Waals surface area contributed by atoms with E-state index < -0.39 is 0 Å². The molecule has 0 fully saturated rings. The highest BCUT2D eigenvalue weighted by Crippen LogP contribution is 2.06. The molecule has 0 aliphatic heterocycles. The van der Waals surface area contributed by atoms with Gasteiger partial charge in [0.25, 0.3) is 5.91 Å². The molecule has 2 amide bonds. The maximum absolute atomic E-state index is 12.2. The smallest absolute Gasteiger partial charge is 0.251 e. The third-order valence-electron chi connectivity index (χ3n) is 4.37. The van der Waals surface area contributed by atoms with Crippen LogP contribution in [-0.2, 0) is 24.3 Å². The van der Waals surface area contributed by atoms with Crippen molar-refractivity contribution >= 4 is 11.8 Å². The van der Waals surface area contributed by atoms with Crippen molar-refractivity contribution in [3.63, 3.8) is 0 Å². The zero-order valence-corrected chi connectivity index (χ0v) is 15.6. The summed E-state index contributed by atoms with van der Waals surface area (Å²) in [5, 5.41) is 5.79. The Morgan fingerprint density at radius 1 is 0.750 bits per heavy atom. The van der Waals surface area contributed by atoms with Gasteiger partial charge in [-0.25, -0.2) is 0 Å². The molecule has 3 rings (SSSR count). The van der Waals surface area contributed by atoms with Crippen molar-refractivity contribution in [2.24, 2.45) is 0 Å². The summed E-state index contributed by atoms with van der Waals surface area (Å²) in [6, 6.07) is 21.0. The summed E-state index contributed by atoms with van der Waals surface area (Å²) in [4.78, 5) is 28.2. The Bertz CT molecular complexity index is 894. The van der Waals surface area contributed by atoms with Crippen molar-refractivity contribution in [3.8, 4) is 0 Å². The maximum Gasteiger partial charge on any atom is 0.251 e. The molecule has 5 heteroatoms. The number of carbonyl (C=O) groups excluding carboxylic acids is 2. The van der Waals surface area contributed by atoms with E-state index in [4.69, 9.17) is 0 Å². The Morgan fingerprint density at radius 3 is 2.18 bits per heavy atom. The molecule has 0 radical (unpaired) electrons. The molecule has 0 unspecified atom stereocenters. The lowest BCUT2D eigenvalue weighted by molar-refractivity contribution is -0.121. The summed E-state index contributed by atoms with van der Waals surface area (Å²) in [6.45, 7) is 0.886. The van der Waals surface area contributed by atoms with Crippen molar-refractivity contribution in [2.45, 2.75) is 25.9 Å². The standard InChI is InChI=1S/C23H23N3O2/c27-22(13-10-18-5-2-1-3-6-18)25-16-19-8-11-21(12-9-19)23(28)26-17-20-7-4-14-24-15-20/h1-9,11-12,14-15H,10,13,16-17H2,(H,25,27)(H,26,28). The van der Waals surface area contributed by atoms with Crippen molar-refractivity contribution in [1.82, 2.24) is 15.6 Å². The first-order valence-electron chi connectivity index (χ1n) is 9.27. The second-order valence-corrected chi connectivity index (χ2v) is 6.50. The number of nitrogens with one attached hydrogen (secondary N) is 2. The van der Waals surface area contributed by atoms with Gasteiger partial charge in [0.2, 0.25) is 5.91 Å². The van der Waals surface area contributed by atoms with E-state index in [0.29, 0.717) is 25.1 Å². The minimum Gasteiger partial charge on any atom is -0.352 e. The van der Waals surface area contributed by atoms with Crippen LogP contribution >= 0.6 is 0 Å². The second-order valence-electron chi connectivity index (χ2n) is 6.50. The molecule has 2 aromatic carbocycles. The number of pyridine rings is 1. The van der Waals surface area contributed by atoms with Gasteiger partial charge in [0.05, 0.1) is 0 Å². The first-order chi connectivity index (χ1) is 13.7. The van der Waals surface area contributed by atoms with Crippen molar-refractivity contribution in [2.75, 3.05) is 0 Å². The number of amides is 2. The van der Waals surface area contributed by atoms with Gasteiger partial charge in [-0.05, 0) is 41.3 Å². The average Bonchev–Trinajstić information content (AvgIpc) is 2.76. The van der Waals surface area contributed by atoms with E-state index in [-0.39, 0.29) is 11.8 Å². The van der Waals surface area contributed by atoms with Crippen molar-refractivity contribution in [3.05, 3.63) is 101 Å². The second kappa shape index (κ2) is 10.0. The van der Waals surface area contributed by atoms with Gasteiger partial charge in [0.15, 0.2) is 0 Å². The fourth-order valence-electron chi connectivity index (χ4n) is 2.75. The van der Waals surface area contributed by atoms with E-state index in [2.05, 4.69) is 15.6 Å². The summed E-state index contributed by atoms with van der Waals surface area (Å²) in [6.07, 6.45) is 4.61. The van der Waals surface area contributed by atoms with Gasteiger partial charge in [0, 0.05) is 37.5 Å². The predicted octanol–water partition coefficient (Wildman–Crippen LogP) is 3.26. The van der Waals surface area contributed by atoms with Crippen molar-refractivity contribution < 1.29 is 9.59 Å². The van der Waals surface area contributed by atoms with E-state index in [1.165, 1.54) is 0 Å². The highest BCUT2D eigenvalue weighted by atomic mass is 16.2. The normalized spacial score (nSPS) is 10.3. The lowest BCUT2D eigenvalue weighted by Crippen LogP contribution is -2.24. The molecule has 0 saturated carbocycles. The van der Waals surface area contributed by atoms with E-state index in [0.717, 1.165) is 23.1 Å². The fraction of sp³-hybridized carbons (Fsp3) is 0.174. The van der Waals surface area contributed by atoms with E-state index >= 15 is 0 Å². The Morgan fingerprint density at radius 2 is 1.46 bits per heavy atom. The summed E-state index contributed by atoms with van der Waals surface area (Å²) in [7, 11) is 0. The lowest BCUT2D eigenvalue weighted by atomic mass is 10.1. The molecule has 5 nitrogen and oxygen atoms in total. The number of rotatable bonds is 8. The number of hydrogen-bond acceptors (Lipinski definition) is 3. The molecule has 0 atom stereocenters. The molecule has 1 heterocycles. The van der Waals surface area contributed by atoms with Crippen LogP contribution in [0.1, 0.15) is 33.5 Å². The summed E-state index contributed by atoms with van der Waals surface area (Å²) >= 11 is 0. The molecule has 0 aliphatic rings. The molecule has 0 bridgehead atoms. The van der Waals surface area contributed by atoms with Crippen LogP contribution in [-0.4, -0.2) is 16.8 Å². The molecule has 142 valence electrons. The minimum atomic E-state index is -0.137. The largest absolute Gasteiger partial charge is 0.352 e. The van der Waals surface area contributed by atoms with Crippen LogP contribution < -0.4 is 10.6 Å². The van der Waals surface area contributed by atoms with Crippen LogP contribution in [0, 0.1) is 0 Å². The SMILES string of the molecule is O=C(CCc1ccccc1)NCc1ccc(C(=O)NCc2cccnc2)cc1. The highest BCUT2D eigenvalue weighted by molar-refractivity contribution is 5.94. The van der Waals surface area contributed by atoms with Gasteiger partial charge in [-0.2, -0.15) is 0 Å². The fourth-order valence-corrected chi connectivity index (χ4v) is 2.75. The van der Waals surface area contributed by atoms with Gasteiger partial charge < -0.3 is 10.6 Å². The van der Waals surface area contributed by atoms with Gasteiger partial charge >= 0.3 is 0 Å². The minimum absolute atomic E-state index is 0.0159. The molecular formula is C23H23N3O2. The number of carbonyl (C=O) groups is 2. The highest BCUT2D eigenvalue weighted by Gasteiger charge is 2.06. The predicted molar refractivity (Wildman–Crippen MR) is 108 cm³/mol. The first kappa shape index (κ1) is 19.3. The van der Waals surface area contributed by atoms with Crippen LogP contribution in [0.4, 0.5) is 0 Å². The zero-order chi connectivity index (χ0) is 19.6. The topological polar surface area (TPSA) is 71.1 Å². The molecule has 0 spiro atoms. The number of nitrogens with zero attached hydrogens (tertiary/aromatic N) is 1. The Balaban J connectivity index is 1.42. The van der Waals surface area contributed by atoms with Crippen LogP contribution in [0.5, 0.6) is 0 Å². The number of aryl methyl sites for hydroxylation is 1. The van der Waals surface area contributed by atoms with E-state index in [1.54, 1.807) is 24.5 Å². The molecule has 0 saturated heterocycles. The molecule has 3 aromatic rings. The van der Waals surface area contributed by atoms with Crippen LogP contribution in [0.15, 0.2) is 79.1 Å². The Labute approximate surface area is 164 Å². The summed E-state index contributed by atoms with van der Waals surface area (Å²) in [5.41, 5.74) is 3.64. The zero-order valence-electron chi connectivity index (χ0n) is 15.6. The third-order valence-corrected chi connectivity index (χ3v) is 4.37. The number of benzene rings is 2. The molecule has 2 N–H and O–H groups in total. The molecule has 1 aromatic heterocycles. The Kier molecular flexibility index (Phi) is 6.90. The number of hydrogen-bond donors (Lipinski definition) is 2. The summed E-state index contributed by atoms with van der Waals surface area (Å²) in [5.74, 6) is -0.121. The quantitative estimate of drug-likeness (QED) is 0.637. The van der Waals surface area contributed by atoms with Crippen LogP contribution in [0.25, 0.3) is 0 Å². The molecular weight excluding hydrogens is 350 g/mol. The van der Waals surface area contributed by atoms with E-state index in [1.807, 2.05) is 54.6 Å². The summed E-state index contributed by atoms with van der Waals surface area (Å²) < 4.78 is 0. The average molecular weight is 373 g/mol. The maximum atomic E-state index is 12.2. The third kappa shape index (κ3) is 6.06. The van der Waals surface area contributed by atoms with Gasteiger partial charge in [-0.1, -0.05) is 48.5 Å². The monoisotopic (exact) mass is 373 g/mol. The number of aromatic nitrogens is 1. The van der Waals surface area contributed by atoms with Gasteiger partial charge in [0.1, 0.15) is 0 Å². The van der Waals surface area contributed by atoms with Gasteiger partial charge in [-0.3, -0.25) is 14.6 Å². The van der Waals surface area contributed by atoms with Crippen LogP contribution in [0.2, 0.25) is 0 Å². The molecule has 28 heavy (non-hydrogen) atoms. The lowest BCUT2D eigenvalue weighted by Gasteiger charge is -2.08. The van der Waals surface area contributed by atoms with E-state index in [9.17, 15) is 9.59 Å².